The highest BCUT2D eigenvalue weighted by molar-refractivity contribution is 5.49. The number of benzene rings is 1. The Bertz CT molecular complexity index is 339. The van der Waals surface area contributed by atoms with Gasteiger partial charge in [-0.2, -0.15) is 0 Å². The van der Waals surface area contributed by atoms with Gasteiger partial charge in [-0.25, -0.2) is 0 Å². The second-order valence-electron chi connectivity index (χ2n) is 4.59. The van der Waals surface area contributed by atoms with Crippen LogP contribution in [0.25, 0.3) is 0 Å². The highest BCUT2D eigenvalue weighted by Gasteiger charge is 2.18. The fraction of sp³-hybridized carbons (Fsp3) is 0.538. The third-order valence-electron chi connectivity index (χ3n) is 3.35. The van der Waals surface area contributed by atoms with Crippen molar-refractivity contribution in [2.75, 3.05) is 31.1 Å². The van der Waals surface area contributed by atoms with Gasteiger partial charge in [0, 0.05) is 31.9 Å². The molecule has 2 aliphatic rings. The summed E-state index contributed by atoms with van der Waals surface area (Å²) in [7, 11) is 0. The Balaban J connectivity index is 1.64. The van der Waals surface area contributed by atoms with Crippen LogP contribution in [0.3, 0.4) is 0 Å². The third kappa shape index (κ3) is 2.00. The van der Waals surface area contributed by atoms with E-state index >= 15 is 0 Å². The number of ether oxygens (including phenoxy) is 1. The van der Waals surface area contributed by atoms with Gasteiger partial charge < -0.3 is 15.0 Å². The lowest BCUT2D eigenvalue weighted by atomic mass is 10.2. The minimum atomic E-state index is 0.373. The van der Waals surface area contributed by atoms with Crippen LogP contribution in [0.2, 0.25) is 0 Å². The predicted molar refractivity (Wildman–Crippen MR) is 65.2 cm³/mol. The van der Waals surface area contributed by atoms with Crippen molar-refractivity contribution in [3.05, 3.63) is 24.3 Å². The summed E-state index contributed by atoms with van der Waals surface area (Å²) in [5.74, 6) is 0.995. The maximum absolute atomic E-state index is 5.79. The number of hydrogen-bond acceptors (Lipinski definition) is 3. The van der Waals surface area contributed by atoms with Gasteiger partial charge in [-0.3, -0.25) is 0 Å². The molecule has 1 aromatic rings. The van der Waals surface area contributed by atoms with Gasteiger partial charge in [-0.1, -0.05) is 0 Å². The lowest BCUT2D eigenvalue weighted by molar-refractivity contribution is 0.142. The quantitative estimate of drug-likeness (QED) is 0.834. The smallest absolute Gasteiger partial charge is 0.123 e. The lowest BCUT2D eigenvalue weighted by Crippen LogP contribution is -2.50. The van der Waals surface area contributed by atoms with Crippen LogP contribution in [0.5, 0.6) is 5.75 Å². The van der Waals surface area contributed by atoms with Gasteiger partial charge in [-0.05, 0) is 37.1 Å². The average Bonchev–Trinajstić information content (AvgIpc) is 2.78. The standard InChI is InChI=1S/C13H18N2O/c1-2-8-15(7-1)11-3-5-12(6-4-11)16-13-9-14-10-13/h3-6,13-14H,1-2,7-10H2. The second-order valence-corrected chi connectivity index (χ2v) is 4.59. The maximum atomic E-state index is 5.79. The SMILES string of the molecule is c1cc(N2CCCC2)ccc1OC1CNC1. The monoisotopic (exact) mass is 218 g/mol. The molecule has 3 rings (SSSR count). The van der Waals surface area contributed by atoms with Crippen LogP contribution >= 0.6 is 0 Å². The zero-order valence-corrected chi connectivity index (χ0v) is 9.48. The minimum Gasteiger partial charge on any atom is -0.488 e. The molecule has 3 heteroatoms. The molecule has 1 aromatic carbocycles. The molecule has 0 unspecified atom stereocenters. The van der Waals surface area contributed by atoms with E-state index in [0.717, 1.165) is 18.8 Å². The molecule has 86 valence electrons. The van der Waals surface area contributed by atoms with E-state index in [2.05, 4.69) is 34.5 Å². The Kier molecular flexibility index (Phi) is 2.70. The van der Waals surface area contributed by atoms with Gasteiger partial charge in [0.2, 0.25) is 0 Å². The Morgan fingerprint density at radius 3 is 2.31 bits per heavy atom. The van der Waals surface area contributed by atoms with Gasteiger partial charge in [0.1, 0.15) is 11.9 Å². The van der Waals surface area contributed by atoms with Crippen LogP contribution in [0.4, 0.5) is 5.69 Å². The lowest BCUT2D eigenvalue weighted by Gasteiger charge is -2.28. The molecular formula is C13H18N2O. The van der Waals surface area contributed by atoms with E-state index in [1.54, 1.807) is 0 Å². The fourth-order valence-electron chi connectivity index (χ4n) is 2.25. The molecule has 3 nitrogen and oxygen atoms in total. The van der Waals surface area contributed by atoms with Crippen molar-refractivity contribution in [2.24, 2.45) is 0 Å². The molecule has 2 saturated heterocycles. The van der Waals surface area contributed by atoms with Crippen molar-refractivity contribution in [3.63, 3.8) is 0 Å². The van der Waals surface area contributed by atoms with Gasteiger partial charge >= 0.3 is 0 Å². The molecule has 0 spiro atoms. The molecule has 2 heterocycles. The largest absolute Gasteiger partial charge is 0.488 e. The Morgan fingerprint density at radius 1 is 1.06 bits per heavy atom. The molecule has 0 aromatic heterocycles. The van der Waals surface area contributed by atoms with Gasteiger partial charge in [0.25, 0.3) is 0 Å². The third-order valence-corrected chi connectivity index (χ3v) is 3.35. The zero-order valence-electron chi connectivity index (χ0n) is 9.48. The van der Waals surface area contributed by atoms with Crippen molar-refractivity contribution in [1.29, 1.82) is 0 Å². The number of rotatable bonds is 3. The van der Waals surface area contributed by atoms with Crippen molar-refractivity contribution < 1.29 is 4.74 Å². The number of nitrogens with zero attached hydrogens (tertiary/aromatic N) is 1. The first-order valence-electron chi connectivity index (χ1n) is 6.14. The Labute approximate surface area is 96.4 Å². The van der Waals surface area contributed by atoms with Crippen molar-refractivity contribution >= 4 is 5.69 Å². The molecular weight excluding hydrogens is 200 g/mol. The van der Waals surface area contributed by atoms with Gasteiger partial charge in [0.05, 0.1) is 0 Å². The molecule has 2 aliphatic heterocycles. The zero-order chi connectivity index (χ0) is 10.8. The summed E-state index contributed by atoms with van der Waals surface area (Å²) < 4.78 is 5.79. The van der Waals surface area contributed by atoms with Crippen LogP contribution in [-0.4, -0.2) is 32.3 Å². The fourth-order valence-corrected chi connectivity index (χ4v) is 2.25. The summed E-state index contributed by atoms with van der Waals surface area (Å²) in [6, 6.07) is 8.53. The molecule has 0 atom stereocenters. The Hall–Kier alpha value is -1.22. The molecule has 0 aliphatic carbocycles. The van der Waals surface area contributed by atoms with E-state index in [4.69, 9.17) is 4.74 Å². The number of anilines is 1. The summed E-state index contributed by atoms with van der Waals surface area (Å²) >= 11 is 0. The Morgan fingerprint density at radius 2 is 1.75 bits per heavy atom. The van der Waals surface area contributed by atoms with Crippen molar-refractivity contribution in [2.45, 2.75) is 18.9 Å². The molecule has 16 heavy (non-hydrogen) atoms. The van der Waals surface area contributed by atoms with Crippen LogP contribution in [0.1, 0.15) is 12.8 Å². The van der Waals surface area contributed by atoms with E-state index < -0.39 is 0 Å². The highest BCUT2D eigenvalue weighted by atomic mass is 16.5. The van der Waals surface area contributed by atoms with E-state index in [-0.39, 0.29) is 0 Å². The van der Waals surface area contributed by atoms with Crippen molar-refractivity contribution in [1.82, 2.24) is 5.32 Å². The predicted octanol–water partition coefficient (Wildman–Crippen LogP) is 1.64. The molecule has 2 fully saturated rings. The normalized spacial score (nSPS) is 20.9. The van der Waals surface area contributed by atoms with E-state index in [1.165, 1.54) is 31.6 Å². The van der Waals surface area contributed by atoms with Crippen LogP contribution in [0, 0.1) is 0 Å². The van der Waals surface area contributed by atoms with E-state index in [1.807, 2.05) is 0 Å². The van der Waals surface area contributed by atoms with Crippen LogP contribution in [0.15, 0.2) is 24.3 Å². The van der Waals surface area contributed by atoms with Gasteiger partial charge in [0.15, 0.2) is 0 Å². The summed E-state index contributed by atoms with van der Waals surface area (Å²) in [4.78, 5) is 2.44. The van der Waals surface area contributed by atoms with Crippen LogP contribution < -0.4 is 15.0 Å². The highest BCUT2D eigenvalue weighted by Crippen LogP contribution is 2.23. The molecule has 1 N–H and O–H groups in total. The number of nitrogens with one attached hydrogen (secondary N) is 1. The summed E-state index contributed by atoms with van der Waals surface area (Å²) in [6.07, 6.45) is 3.02. The molecule has 0 saturated carbocycles. The van der Waals surface area contributed by atoms with E-state index in [9.17, 15) is 0 Å². The first-order chi connectivity index (χ1) is 7.92. The second kappa shape index (κ2) is 4.34. The number of hydrogen-bond donors (Lipinski definition) is 1. The molecule has 0 amide bonds. The summed E-state index contributed by atoms with van der Waals surface area (Å²) in [5.41, 5.74) is 1.33. The summed E-state index contributed by atoms with van der Waals surface area (Å²) in [5, 5.41) is 3.20. The first-order valence-corrected chi connectivity index (χ1v) is 6.14. The molecule has 0 radical (unpaired) electrons. The minimum absolute atomic E-state index is 0.373. The van der Waals surface area contributed by atoms with E-state index in [0.29, 0.717) is 6.10 Å². The van der Waals surface area contributed by atoms with Crippen LogP contribution in [-0.2, 0) is 0 Å². The summed E-state index contributed by atoms with van der Waals surface area (Å²) in [6.45, 7) is 4.36. The van der Waals surface area contributed by atoms with Crippen molar-refractivity contribution in [3.8, 4) is 5.75 Å². The first kappa shape index (κ1) is 9.97. The molecule has 0 bridgehead atoms. The van der Waals surface area contributed by atoms with Gasteiger partial charge in [-0.15, -0.1) is 0 Å². The maximum Gasteiger partial charge on any atom is 0.123 e. The topological polar surface area (TPSA) is 24.5 Å². The average molecular weight is 218 g/mol.